The van der Waals surface area contributed by atoms with Crippen LogP contribution in [0.1, 0.15) is 69.7 Å². The molecule has 0 aliphatic carbocycles. The van der Waals surface area contributed by atoms with Crippen LogP contribution in [0.25, 0.3) is 0 Å². The normalized spacial score (nSPS) is 10.5. The van der Waals surface area contributed by atoms with E-state index in [0.29, 0.717) is 11.3 Å². The smallest absolute Gasteiger partial charge is 0.253 e. The highest BCUT2D eigenvalue weighted by Gasteiger charge is 2.15. The Morgan fingerprint density at radius 1 is 0.848 bits per heavy atom. The maximum atomic E-state index is 12.8. The molecule has 0 saturated heterocycles. The SMILES string of the molecule is CCCCCCOc1ccc(NCC(=O)Nc2cccc(C(=O)N(CCC)CCC)c2)cc1. The van der Waals surface area contributed by atoms with Gasteiger partial charge in [-0.2, -0.15) is 0 Å². The van der Waals surface area contributed by atoms with Crippen LogP contribution < -0.4 is 15.4 Å². The average Bonchev–Trinajstić information content (AvgIpc) is 2.83. The van der Waals surface area contributed by atoms with Crippen molar-refractivity contribution in [2.45, 2.75) is 59.3 Å². The molecule has 2 amide bonds. The van der Waals surface area contributed by atoms with Crippen molar-refractivity contribution in [2.24, 2.45) is 0 Å². The summed E-state index contributed by atoms with van der Waals surface area (Å²) in [7, 11) is 0. The highest BCUT2D eigenvalue weighted by molar-refractivity contribution is 5.98. The summed E-state index contributed by atoms with van der Waals surface area (Å²) in [5.41, 5.74) is 2.06. The molecule has 0 aliphatic heterocycles. The third kappa shape index (κ3) is 9.56. The number of carbonyl (C=O) groups is 2. The molecule has 6 nitrogen and oxygen atoms in total. The molecule has 0 spiro atoms. The standard InChI is InChI=1S/C27H39N3O3/c1-4-7-8-9-19-33-25-15-13-23(14-16-25)28-21-26(31)29-24-12-10-11-22(20-24)27(32)30(17-5-2)18-6-3/h10-16,20,28H,4-9,17-19,21H2,1-3H3,(H,29,31). The van der Waals surface area contributed by atoms with Crippen LogP contribution in [0.3, 0.4) is 0 Å². The number of nitrogens with one attached hydrogen (secondary N) is 2. The summed E-state index contributed by atoms with van der Waals surface area (Å²) in [6.45, 7) is 8.65. The summed E-state index contributed by atoms with van der Waals surface area (Å²) in [5, 5.41) is 5.99. The Balaban J connectivity index is 1.82. The zero-order valence-corrected chi connectivity index (χ0v) is 20.4. The van der Waals surface area contributed by atoms with Gasteiger partial charge in [0.2, 0.25) is 5.91 Å². The number of rotatable bonds is 15. The van der Waals surface area contributed by atoms with E-state index < -0.39 is 0 Å². The Labute approximate surface area is 198 Å². The Hall–Kier alpha value is -3.02. The van der Waals surface area contributed by atoms with Gasteiger partial charge in [-0.1, -0.05) is 46.1 Å². The largest absolute Gasteiger partial charge is 0.494 e. The van der Waals surface area contributed by atoms with Gasteiger partial charge in [0.1, 0.15) is 5.75 Å². The first-order chi connectivity index (χ1) is 16.1. The lowest BCUT2D eigenvalue weighted by molar-refractivity contribution is -0.114. The third-order valence-corrected chi connectivity index (χ3v) is 5.24. The van der Waals surface area contributed by atoms with Gasteiger partial charge in [-0.05, 0) is 61.7 Å². The van der Waals surface area contributed by atoms with Crippen molar-refractivity contribution < 1.29 is 14.3 Å². The van der Waals surface area contributed by atoms with Gasteiger partial charge in [-0.25, -0.2) is 0 Å². The number of anilines is 2. The number of hydrogen-bond acceptors (Lipinski definition) is 4. The lowest BCUT2D eigenvalue weighted by Gasteiger charge is -2.21. The fourth-order valence-electron chi connectivity index (χ4n) is 3.54. The molecule has 0 atom stereocenters. The van der Waals surface area contributed by atoms with E-state index in [1.165, 1.54) is 19.3 Å². The molecule has 2 rings (SSSR count). The molecule has 180 valence electrons. The molecule has 2 aromatic rings. The summed E-state index contributed by atoms with van der Waals surface area (Å²) in [4.78, 5) is 27.1. The quantitative estimate of drug-likeness (QED) is 0.327. The molecule has 0 unspecified atom stereocenters. The van der Waals surface area contributed by atoms with E-state index in [2.05, 4.69) is 31.4 Å². The van der Waals surface area contributed by atoms with Crippen LogP contribution in [0.4, 0.5) is 11.4 Å². The van der Waals surface area contributed by atoms with E-state index in [-0.39, 0.29) is 18.4 Å². The molecule has 2 N–H and O–H groups in total. The van der Waals surface area contributed by atoms with E-state index in [1.54, 1.807) is 24.3 Å². The molecule has 0 fully saturated rings. The Bertz CT molecular complexity index is 846. The average molecular weight is 454 g/mol. The molecular weight excluding hydrogens is 414 g/mol. The van der Waals surface area contributed by atoms with Gasteiger partial charge < -0.3 is 20.3 Å². The second-order valence-electron chi connectivity index (χ2n) is 8.21. The minimum atomic E-state index is -0.171. The number of hydrogen-bond donors (Lipinski definition) is 2. The van der Waals surface area contributed by atoms with Crippen LogP contribution in [-0.2, 0) is 4.79 Å². The van der Waals surface area contributed by atoms with Crippen LogP contribution in [0.15, 0.2) is 48.5 Å². The predicted molar refractivity (Wildman–Crippen MR) is 136 cm³/mol. The maximum Gasteiger partial charge on any atom is 0.253 e. The summed E-state index contributed by atoms with van der Waals surface area (Å²) in [6.07, 6.45) is 6.55. The number of amides is 2. The second kappa shape index (κ2) is 14.9. The minimum absolute atomic E-state index is 0.000552. The third-order valence-electron chi connectivity index (χ3n) is 5.24. The van der Waals surface area contributed by atoms with Crippen molar-refractivity contribution in [3.05, 3.63) is 54.1 Å². The van der Waals surface area contributed by atoms with Gasteiger partial charge >= 0.3 is 0 Å². The van der Waals surface area contributed by atoms with Crippen molar-refractivity contribution in [1.29, 1.82) is 0 Å². The summed E-state index contributed by atoms with van der Waals surface area (Å²) >= 11 is 0. The molecule has 0 aliphatic rings. The molecule has 2 aromatic carbocycles. The molecule has 0 heterocycles. The lowest BCUT2D eigenvalue weighted by atomic mass is 10.1. The number of carbonyl (C=O) groups excluding carboxylic acids is 2. The second-order valence-corrected chi connectivity index (χ2v) is 8.21. The van der Waals surface area contributed by atoms with E-state index >= 15 is 0 Å². The first kappa shape index (κ1) is 26.2. The monoisotopic (exact) mass is 453 g/mol. The van der Waals surface area contributed by atoms with Gasteiger partial charge in [0.25, 0.3) is 5.91 Å². The van der Waals surface area contributed by atoms with Crippen LogP contribution in [0.5, 0.6) is 5.75 Å². The highest BCUT2D eigenvalue weighted by Crippen LogP contribution is 2.17. The van der Waals surface area contributed by atoms with Crippen LogP contribution >= 0.6 is 0 Å². The first-order valence-electron chi connectivity index (χ1n) is 12.2. The van der Waals surface area contributed by atoms with Gasteiger partial charge in [0, 0.05) is 30.0 Å². The fourth-order valence-corrected chi connectivity index (χ4v) is 3.54. The van der Waals surface area contributed by atoms with Gasteiger partial charge in [0.05, 0.1) is 13.2 Å². The van der Waals surface area contributed by atoms with Crippen molar-refractivity contribution in [3.8, 4) is 5.75 Å². The molecule has 0 aromatic heterocycles. The van der Waals surface area contributed by atoms with E-state index in [9.17, 15) is 9.59 Å². The Morgan fingerprint density at radius 2 is 1.58 bits per heavy atom. The number of unbranched alkanes of at least 4 members (excludes halogenated alkanes) is 3. The molecule has 6 heteroatoms. The Kier molecular flexibility index (Phi) is 11.9. The van der Waals surface area contributed by atoms with Crippen molar-refractivity contribution in [1.82, 2.24) is 4.90 Å². The maximum absolute atomic E-state index is 12.8. The van der Waals surface area contributed by atoms with Gasteiger partial charge in [-0.15, -0.1) is 0 Å². The summed E-state index contributed by atoms with van der Waals surface area (Å²) in [5.74, 6) is 0.665. The Morgan fingerprint density at radius 3 is 2.24 bits per heavy atom. The van der Waals surface area contributed by atoms with Crippen LogP contribution in [0, 0.1) is 0 Å². The molecule has 0 radical (unpaired) electrons. The van der Waals surface area contributed by atoms with Crippen molar-refractivity contribution in [3.63, 3.8) is 0 Å². The summed E-state index contributed by atoms with van der Waals surface area (Å²) in [6, 6.07) is 14.8. The van der Waals surface area contributed by atoms with Crippen LogP contribution in [-0.4, -0.2) is 43.0 Å². The highest BCUT2D eigenvalue weighted by atomic mass is 16.5. The van der Waals surface area contributed by atoms with Crippen molar-refractivity contribution >= 4 is 23.2 Å². The number of ether oxygens (including phenoxy) is 1. The van der Waals surface area contributed by atoms with Crippen molar-refractivity contribution in [2.75, 3.05) is 36.9 Å². The molecule has 0 bridgehead atoms. The predicted octanol–water partition coefficient (Wildman–Crippen LogP) is 5.96. The molecule has 0 saturated carbocycles. The lowest BCUT2D eigenvalue weighted by Crippen LogP contribution is -2.32. The first-order valence-corrected chi connectivity index (χ1v) is 12.2. The van der Waals surface area contributed by atoms with E-state index in [1.807, 2.05) is 29.2 Å². The zero-order chi connectivity index (χ0) is 23.9. The fraction of sp³-hybridized carbons (Fsp3) is 0.481. The van der Waals surface area contributed by atoms with Gasteiger partial charge in [-0.3, -0.25) is 9.59 Å². The number of nitrogens with zero attached hydrogens (tertiary/aromatic N) is 1. The van der Waals surface area contributed by atoms with E-state index in [0.717, 1.165) is 50.4 Å². The minimum Gasteiger partial charge on any atom is -0.494 e. The topological polar surface area (TPSA) is 70.7 Å². The van der Waals surface area contributed by atoms with Crippen LogP contribution in [0.2, 0.25) is 0 Å². The zero-order valence-electron chi connectivity index (χ0n) is 20.4. The van der Waals surface area contributed by atoms with E-state index in [4.69, 9.17) is 4.74 Å². The molecule has 33 heavy (non-hydrogen) atoms. The molecular formula is C27H39N3O3. The van der Waals surface area contributed by atoms with Gasteiger partial charge in [0.15, 0.2) is 0 Å². The number of benzene rings is 2. The summed E-state index contributed by atoms with van der Waals surface area (Å²) < 4.78 is 5.75.